The number of rotatable bonds is 7. The number of aryl methyl sites for hydroxylation is 2. The zero-order valence-corrected chi connectivity index (χ0v) is 22.2. The van der Waals surface area contributed by atoms with Gasteiger partial charge in [0.25, 0.3) is 5.91 Å². The van der Waals surface area contributed by atoms with E-state index in [0.29, 0.717) is 36.5 Å². The molecule has 4 aromatic rings. The molecule has 0 bridgehead atoms. The zero-order valence-electron chi connectivity index (χ0n) is 22.2. The standard InChI is InChI=1S/C29H29FN4O5/c1-16-22(13-25(39-4)28-27(16)31-32-33(28)2)23(14-26(35)36)18-6-5-17-9-10-34(15-19(17)11-18)29(37)21-8-7-20(38-3)12-24(21)30/h5-8,11-13,23H,9-10,14-15H2,1-4H3,(H,35,36). The maximum atomic E-state index is 14.6. The Morgan fingerprint density at radius 3 is 2.59 bits per heavy atom. The van der Waals surface area contributed by atoms with Crippen LogP contribution < -0.4 is 9.47 Å². The van der Waals surface area contributed by atoms with Crippen LogP contribution in [0.15, 0.2) is 42.5 Å². The van der Waals surface area contributed by atoms with Gasteiger partial charge in [-0.15, -0.1) is 5.10 Å². The average Bonchev–Trinajstić information content (AvgIpc) is 3.33. The van der Waals surface area contributed by atoms with Gasteiger partial charge >= 0.3 is 5.97 Å². The number of methoxy groups -OCH3 is 2. The van der Waals surface area contributed by atoms with E-state index < -0.39 is 23.6 Å². The van der Waals surface area contributed by atoms with Crippen molar-refractivity contribution in [2.45, 2.75) is 32.2 Å². The molecular weight excluding hydrogens is 503 g/mol. The summed E-state index contributed by atoms with van der Waals surface area (Å²) in [5, 5.41) is 18.2. The fraction of sp³-hybridized carbons (Fsp3) is 0.310. The van der Waals surface area contributed by atoms with Gasteiger partial charge in [-0.1, -0.05) is 23.4 Å². The number of carboxylic acid groups (broad SMARTS) is 1. The van der Waals surface area contributed by atoms with Crippen LogP contribution in [0, 0.1) is 12.7 Å². The Hall–Kier alpha value is -4.47. The maximum absolute atomic E-state index is 14.6. The minimum atomic E-state index is -0.942. The van der Waals surface area contributed by atoms with Crippen LogP contribution in [0.2, 0.25) is 0 Å². The topological polar surface area (TPSA) is 107 Å². The molecule has 0 aliphatic carbocycles. The summed E-state index contributed by atoms with van der Waals surface area (Å²) in [5.74, 6) is -1.56. The van der Waals surface area contributed by atoms with Gasteiger partial charge in [-0.3, -0.25) is 9.59 Å². The number of fused-ring (bicyclic) bond motifs is 2. The van der Waals surface area contributed by atoms with Crippen molar-refractivity contribution in [3.63, 3.8) is 0 Å². The lowest BCUT2D eigenvalue weighted by Crippen LogP contribution is -2.36. The molecule has 9 nitrogen and oxygen atoms in total. The second-order valence-corrected chi connectivity index (χ2v) is 9.70. The third kappa shape index (κ3) is 4.78. The third-order valence-corrected chi connectivity index (χ3v) is 7.45. The SMILES string of the molecule is COc1ccc(C(=O)N2CCc3ccc(C(CC(=O)O)c4cc(OC)c5c(nnn5C)c4C)cc3C2)c(F)c1. The van der Waals surface area contributed by atoms with E-state index >= 15 is 0 Å². The first-order valence-electron chi connectivity index (χ1n) is 12.5. The van der Waals surface area contributed by atoms with Crippen LogP contribution in [0.1, 0.15) is 50.5 Å². The lowest BCUT2D eigenvalue weighted by Gasteiger charge is -2.30. The van der Waals surface area contributed by atoms with Gasteiger partial charge in [0.15, 0.2) is 0 Å². The second kappa shape index (κ2) is 10.4. The molecule has 202 valence electrons. The predicted molar refractivity (Wildman–Crippen MR) is 142 cm³/mol. The molecule has 0 fully saturated rings. The Kier molecular flexibility index (Phi) is 6.94. The molecular formula is C29H29FN4O5. The van der Waals surface area contributed by atoms with Crippen molar-refractivity contribution in [3.8, 4) is 11.5 Å². The molecule has 0 saturated carbocycles. The molecule has 1 N–H and O–H groups in total. The molecule has 1 aliphatic rings. The van der Waals surface area contributed by atoms with E-state index in [2.05, 4.69) is 10.3 Å². The van der Waals surface area contributed by atoms with Crippen molar-refractivity contribution in [2.24, 2.45) is 7.05 Å². The van der Waals surface area contributed by atoms with E-state index in [-0.39, 0.29) is 12.0 Å². The van der Waals surface area contributed by atoms with Crippen LogP contribution in [-0.2, 0) is 24.8 Å². The Morgan fingerprint density at radius 2 is 1.90 bits per heavy atom. The number of ether oxygens (including phenoxy) is 2. The largest absolute Gasteiger partial charge is 0.497 e. The number of carboxylic acids is 1. The molecule has 1 unspecified atom stereocenters. The van der Waals surface area contributed by atoms with Crippen LogP contribution in [-0.4, -0.2) is 57.6 Å². The van der Waals surface area contributed by atoms with Crippen molar-refractivity contribution < 1.29 is 28.6 Å². The average molecular weight is 533 g/mol. The number of aliphatic carboxylic acids is 1. The Labute approximate surface area is 224 Å². The number of benzene rings is 3. The van der Waals surface area contributed by atoms with Gasteiger partial charge in [-0.25, -0.2) is 9.07 Å². The van der Waals surface area contributed by atoms with E-state index in [1.807, 2.05) is 31.2 Å². The predicted octanol–water partition coefficient (Wildman–Crippen LogP) is 4.24. The number of halogens is 1. The van der Waals surface area contributed by atoms with Gasteiger partial charge in [0.2, 0.25) is 0 Å². The number of carbonyl (C=O) groups is 2. The highest BCUT2D eigenvalue weighted by Gasteiger charge is 2.28. The van der Waals surface area contributed by atoms with Crippen LogP contribution in [0.4, 0.5) is 4.39 Å². The first kappa shape index (κ1) is 26.1. The van der Waals surface area contributed by atoms with E-state index in [9.17, 15) is 19.1 Å². The number of hydrogen-bond donors (Lipinski definition) is 1. The first-order valence-corrected chi connectivity index (χ1v) is 12.5. The molecule has 39 heavy (non-hydrogen) atoms. The van der Waals surface area contributed by atoms with Crippen molar-refractivity contribution in [3.05, 3.63) is 81.7 Å². The van der Waals surface area contributed by atoms with E-state index in [1.165, 1.54) is 19.2 Å². The fourth-order valence-electron chi connectivity index (χ4n) is 5.37. The minimum Gasteiger partial charge on any atom is -0.497 e. The third-order valence-electron chi connectivity index (χ3n) is 7.45. The fourth-order valence-corrected chi connectivity index (χ4v) is 5.37. The summed E-state index contributed by atoms with van der Waals surface area (Å²) in [5.41, 5.74) is 5.76. The van der Waals surface area contributed by atoms with Gasteiger partial charge in [0.1, 0.15) is 28.3 Å². The summed E-state index contributed by atoms with van der Waals surface area (Å²) < 4.78 is 26.9. The van der Waals surface area contributed by atoms with Crippen LogP contribution in [0.25, 0.3) is 11.0 Å². The van der Waals surface area contributed by atoms with Gasteiger partial charge in [-0.2, -0.15) is 0 Å². The highest BCUT2D eigenvalue weighted by Crippen LogP contribution is 2.38. The number of nitrogens with zero attached hydrogens (tertiary/aromatic N) is 4. The van der Waals surface area contributed by atoms with Crippen LogP contribution in [0.5, 0.6) is 11.5 Å². The normalized spacial score (nSPS) is 13.7. The molecule has 0 spiro atoms. The number of carbonyl (C=O) groups excluding carboxylic acids is 1. The highest BCUT2D eigenvalue weighted by atomic mass is 19.1. The van der Waals surface area contributed by atoms with E-state index in [1.54, 1.807) is 29.8 Å². The molecule has 1 aliphatic heterocycles. The van der Waals surface area contributed by atoms with Gasteiger partial charge < -0.3 is 19.5 Å². The minimum absolute atomic E-state index is 0.0147. The lowest BCUT2D eigenvalue weighted by molar-refractivity contribution is -0.137. The first-order chi connectivity index (χ1) is 18.7. The summed E-state index contributed by atoms with van der Waals surface area (Å²) in [6, 6.07) is 11.9. The summed E-state index contributed by atoms with van der Waals surface area (Å²) in [4.78, 5) is 26.8. The van der Waals surface area contributed by atoms with Crippen LogP contribution in [0.3, 0.4) is 0 Å². The molecule has 3 aromatic carbocycles. The molecule has 1 aromatic heterocycles. The number of aromatic nitrogens is 3. The van der Waals surface area contributed by atoms with Gasteiger partial charge in [0, 0.05) is 32.1 Å². The second-order valence-electron chi connectivity index (χ2n) is 9.70. The van der Waals surface area contributed by atoms with E-state index in [0.717, 1.165) is 33.3 Å². The summed E-state index contributed by atoms with van der Waals surface area (Å²) in [7, 11) is 4.78. The van der Waals surface area contributed by atoms with Crippen molar-refractivity contribution in [1.82, 2.24) is 19.9 Å². The Balaban J connectivity index is 1.52. The maximum Gasteiger partial charge on any atom is 0.304 e. The van der Waals surface area contributed by atoms with E-state index in [4.69, 9.17) is 9.47 Å². The molecule has 0 saturated heterocycles. The molecule has 1 amide bonds. The number of hydrogen-bond acceptors (Lipinski definition) is 6. The van der Waals surface area contributed by atoms with Gasteiger partial charge in [0.05, 0.1) is 26.2 Å². The quantitative estimate of drug-likeness (QED) is 0.380. The molecule has 0 radical (unpaired) electrons. The van der Waals surface area contributed by atoms with Crippen molar-refractivity contribution >= 4 is 22.9 Å². The van der Waals surface area contributed by atoms with Crippen molar-refractivity contribution in [1.29, 1.82) is 0 Å². The Morgan fingerprint density at radius 1 is 1.10 bits per heavy atom. The van der Waals surface area contributed by atoms with Gasteiger partial charge in [-0.05, 0) is 59.4 Å². The van der Waals surface area contributed by atoms with Crippen molar-refractivity contribution in [2.75, 3.05) is 20.8 Å². The summed E-state index contributed by atoms with van der Waals surface area (Å²) in [6.07, 6.45) is 0.468. The molecule has 5 rings (SSSR count). The monoisotopic (exact) mass is 532 g/mol. The molecule has 2 heterocycles. The smallest absolute Gasteiger partial charge is 0.304 e. The van der Waals surface area contributed by atoms with Crippen LogP contribution >= 0.6 is 0 Å². The molecule has 1 atom stereocenters. The zero-order chi connectivity index (χ0) is 27.8. The summed E-state index contributed by atoms with van der Waals surface area (Å²) >= 11 is 0. The summed E-state index contributed by atoms with van der Waals surface area (Å²) in [6.45, 7) is 2.65. The Bertz CT molecular complexity index is 1600. The highest BCUT2D eigenvalue weighted by molar-refractivity contribution is 5.94. The number of amides is 1. The lowest BCUT2D eigenvalue weighted by atomic mass is 9.83. The molecule has 10 heteroatoms.